The van der Waals surface area contributed by atoms with Crippen molar-refractivity contribution in [1.82, 2.24) is 0 Å². The van der Waals surface area contributed by atoms with Gasteiger partial charge in [0.25, 0.3) is 0 Å². The van der Waals surface area contributed by atoms with Gasteiger partial charge < -0.3 is 29.2 Å². The molecule has 2 N–H and O–H groups in total. The molecule has 0 heterocycles. The molecule has 0 spiro atoms. The standard InChI is InChI=1S/C23H32O6/c1-5-6-7-29-15-21-11-17(10-20(14-28-4)23(21)25)16-8-18(12-26-2)22(24)19(9-16)13-27-3/h8-11,24-25H,5-7,12-15H2,1-4H3. The van der Waals surface area contributed by atoms with Gasteiger partial charge >= 0.3 is 0 Å². The monoisotopic (exact) mass is 404 g/mol. The molecule has 0 aliphatic rings. The SMILES string of the molecule is CCCCOCc1cc(-c2cc(COC)c(O)c(COC)c2)cc(COC)c1O. The molecule has 0 atom stereocenters. The molecule has 2 aromatic rings. The molecule has 6 heteroatoms. The van der Waals surface area contributed by atoms with Crippen molar-refractivity contribution in [3.8, 4) is 22.6 Å². The van der Waals surface area contributed by atoms with Gasteiger partial charge in [0.1, 0.15) is 11.5 Å². The van der Waals surface area contributed by atoms with Crippen LogP contribution in [0.15, 0.2) is 24.3 Å². The number of hydrogen-bond acceptors (Lipinski definition) is 6. The highest BCUT2D eigenvalue weighted by atomic mass is 16.5. The average molecular weight is 405 g/mol. The first-order valence-electron chi connectivity index (χ1n) is 9.80. The third-order valence-corrected chi connectivity index (χ3v) is 4.67. The van der Waals surface area contributed by atoms with Gasteiger partial charge in [0, 0.05) is 50.2 Å². The fourth-order valence-corrected chi connectivity index (χ4v) is 3.19. The third kappa shape index (κ3) is 6.18. The topological polar surface area (TPSA) is 77.4 Å². The zero-order valence-corrected chi connectivity index (χ0v) is 17.8. The zero-order chi connectivity index (χ0) is 21.2. The van der Waals surface area contributed by atoms with Crippen molar-refractivity contribution in [3.05, 3.63) is 46.5 Å². The second kappa shape index (κ2) is 11.8. The highest BCUT2D eigenvalue weighted by Gasteiger charge is 2.15. The smallest absolute Gasteiger partial charge is 0.126 e. The largest absolute Gasteiger partial charge is 0.507 e. The lowest BCUT2D eigenvalue weighted by Gasteiger charge is -2.16. The summed E-state index contributed by atoms with van der Waals surface area (Å²) in [6.07, 6.45) is 2.03. The molecule has 0 unspecified atom stereocenters. The molecule has 160 valence electrons. The van der Waals surface area contributed by atoms with E-state index in [1.54, 1.807) is 21.3 Å². The van der Waals surface area contributed by atoms with Gasteiger partial charge in [-0.1, -0.05) is 13.3 Å². The van der Waals surface area contributed by atoms with Crippen LogP contribution in [0.1, 0.15) is 42.0 Å². The predicted molar refractivity (Wildman–Crippen MR) is 112 cm³/mol. The van der Waals surface area contributed by atoms with Crippen molar-refractivity contribution < 1.29 is 29.2 Å². The van der Waals surface area contributed by atoms with Crippen molar-refractivity contribution in [1.29, 1.82) is 0 Å². The van der Waals surface area contributed by atoms with Gasteiger partial charge in [-0.3, -0.25) is 0 Å². The minimum absolute atomic E-state index is 0.177. The number of phenolic OH excluding ortho intramolecular Hbond substituents is 2. The van der Waals surface area contributed by atoms with E-state index in [9.17, 15) is 10.2 Å². The Labute approximate surface area is 173 Å². The fourth-order valence-electron chi connectivity index (χ4n) is 3.19. The van der Waals surface area contributed by atoms with Crippen LogP contribution in [-0.2, 0) is 45.4 Å². The van der Waals surface area contributed by atoms with Crippen molar-refractivity contribution in [3.63, 3.8) is 0 Å². The minimum atomic E-state index is 0.177. The lowest BCUT2D eigenvalue weighted by atomic mass is 9.95. The Morgan fingerprint density at radius 3 is 1.38 bits per heavy atom. The van der Waals surface area contributed by atoms with Crippen molar-refractivity contribution >= 4 is 0 Å². The Balaban J connectivity index is 2.49. The summed E-state index contributed by atoms with van der Waals surface area (Å²) in [6, 6.07) is 7.60. The van der Waals surface area contributed by atoms with E-state index in [0.29, 0.717) is 35.5 Å². The number of unbranched alkanes of at least 4 members (excludes halogenated alkanes) is 1. The summed E-state index contributed by atoms with van der Waals surface area (Å²) >= 11 is 0. The van der Waals surface area contributed by atoms with Crippen LogP contribution in [0.3, 0.4) is 0 Å². The summed E-state index contributed by atoms with van der Waals surface area (Å²) in [6.45, 7) is 3.94. The van der Waals surface area contributed by atoms with Crippen LogP contribution in [0.2, 0.25) is 0 Å². The van der Waals surface area contributed by atoms with Crippen LogP contribution >= 0.6 is 0 Å². The first kappa shape index (κ1) is 23.2. The Bertz CT molecular complexity index is 760. The van der Waals surface area contributed by atoms with Crippen molar-refractivity contribution in [2.24, 2.45) is 0 Å². The van der Waals surface area contributed by atoms with Crippen molar-refractivity contribution in [2.75, 3.05) is 27.9 Å². The molecule has 2 aromatic carbocycles. The highest BCUT2D eigenvalue weighted by molar-refractivity contribution is 5.70. The Morgan fingerprint density at radius 2 is 1.03 bits per heavy atom. The molecule has 0 aliphatic heterocycles. The summed E-state index contributed by atoms with van der Waals surface area (Å²) in [7, 11) is 4.77. The van der Waals surface area contributed by atoms with E-state index in [-0.39, 0.29) is 31.3 Å². The lowest BCUT2D eigenvalue weighted by molar-refractivity contribution is 0.116. The molecule has 0 radical (unpaired) electrons. The van der Waals surface area contributed by atoms with Crippen LogP contribution in [0, 0.1) is 0 Å². The van der Waals surface area contributed by atoms with E-state index in [1.165, 1.54) is 0 Å². The van der Waals surface area contributed by atoms with Crippen LogP contribution in [0.25, 0.3) is 11.1 Å². The summed E-state index contributed by atoms with van der Waals surface area (Å²) < 4.78 is 21.5. The highest BCUT2D eigenvalue weighted by Crippen LogP contribution is 2.35. The number of rotatable bonds is 12. The maximum Gasteiger partial charge on any atom is 0.126 e. The van der Waals surface area contributed by atoms with Gasteiger partial charge in [-0.2, -0.15) is 0 Å². The molecule has 0 amide bonds. The zero-order valence-electron chi connectivity index (χ0n) is 17.8. The van der Waals surface area contributed by atoms with E-state index < -0.39 is 0 Å². The van der Waals surface area contributed by atoms with E-state index in [4.69, 9.17) is 18.9 Å². The molecule has 0 aromatic heterocycles. The molecular formula is C23H32O6. The Morgan fingerprint density at radius 1 is 0.655 bits per heavy atom. The maximum absolute atomic E-state index is 10.6. The molecular weight excluding hydrogens is 372 g/mol. The van der Waals surface area contributed by atoms with E-state index in [2.05, 4.69) is 6.92 Å². The summed E-state index contributed by atoms with van der Waals surface area (Å²) in [5.41, 5.74) is 4.56. The number of methoxy groups -OCH3 is 3. The van der Waals surface area contributed by atoms with Gasteiger partial charge in [0.2, 0.25) is 0 Å². The van der Waals surface area contributed by atoms with Crippen molar-refractivity contribution in [2.45, 2.75) is 46.2 Å². The maximum atomic E-state index is 10.6. The number of benzene rings is 2. The number of hydrogen-bond donors (Lipinski definition) is 2. The number of ether oxygens (including phenoxy) is 4. The number of phenols is 2. The van der Waals surface area contributed by atoms with E-state index >= 15 is 0 Å². The number of aromatic hydroxyl groups is 2. The lowest BCUT2D eigenvalue weighted by Crippen LogP contribution is -2.00. The molecule has 0 aliphatic carbocycles. The van der Waals surface area contributed by atoms with Gasteiger partial charge in [-0.05, 0) is 41.8 Å². The average Bonchev–Trinajstić information content (AvgIpc) is 2.71. The van der Waals surface area contributed by atoms with Gasteiger partial charge in [-0.15, -0.1) is 0 Å². The summed E-state index contributed by atoms with van der Waals surface area (Å²) in [5.74, 6) is 0.372. The van der Waals surface area contributed by atoms with Crippen LogP contribution in [0.5, 0.6) is 11.5 Å². The quantitative estimate of drug-likeness (QED) is 0.507. The molecule has 6 nitrogen and oxygen atoms in total. The Kier molecular flexibility index (Phi) is 9.41. The minimum Gasteiger partial charge on any atom is -0.507 e. The molecule has 0 fully saturated rings. The van der Waals surface area contributed by atoms with E-state index in [1.807, 2.05) is 24.3 Å². The fraction of sp³-hybridized carbons (Fsp3) is 0.478. The summed E-state index contributed by atoms with van der Waals surface area (Å²) in [4.78, 5) is 0. The first-order valence-corrected chi connectivity index (χ1v) is 9.80. The van der Waals surface area contributed by atoms with Gasteiger partial charge in [0.05, 0.1) is 26.4 Å². The molecule has 0 bridgehead atoms. The second-order valence-corrected chi connectivity index (χ2v) is 6.99. The second-order valence-electron chi connectivity index (χ2n) is 6.99. The third-order valence-electron chi connectivity index (χ3n) is 4.67. The molecule has 0 saturated carbocycles. The molecule has 29 heavy (non-hydrogen) atoms. The van der Waals surface area contributed by atoms with Crippen LogP contribution < -0.4 is 0 Å². The Hall–Kier alpha value is -2.12. The van der Waals surface area contributed by atoms with E-state index in [0.717, 1.165) is 24.0 Å². The molecule has 0 saturated heterocycles. The van der Waals surface area contributed by atoms with Gasteiger partial charge in [-0.25, -0.2) is 0 Å². The van der Waals surface area contributed by atoms with Crippen LogP contribution in [-0.4, -0.2) is 38.1 Å². The normalized spacial score (nSPS) is 11.2. The predicted octanol–water partition coefficient (Wildman–Crippen LogP) is 4.52. The van der Waals surface area contributed by atoms with Gasteiger partial charge in [0.15, 0.2) is 0 Å². The summed E-state index contributed by atoms with van der Waals surface area (Å²) in [5, 5.41) is 21.1. The van der Waals surface area contributed by atoms with Crippen LogP contribution in [0.4, 0.5) is 0 Å². The molecule has 2 rings (SSSR count). The first-order chi connectivity index (χ1) is 14.0.